The Morgan fingerprint density at radius 2 is 1.68 bits per heavy atom. The van der Waals surface area contributed by atoms with Crippen LogP contribution in [0.15, 0.2) is 67.0 Å². The summed E-state index contributed by atoms with van der Waals surface area (Å²) in [6.45, 7) is 0.447. The van der Waals surface area contributed by atoms with Crippen LogP contribution in [0.3, 0.4) is 0 Å². The quantitative estimate of drug-likeness (QED) is 0.614. The van der Waals surface area contributed by atoms with Crippen molar-refractivity contribution in [3.63, 3.8) is 0 Å². The zero-order valence-electron chi connectivity index (χ0n) is 13.5. The van der Waals surface area contributed by atoms with Crippen molar-refractivity contribution in [2.24, 2.45) is 0 Å². The van der Waals surface area contributed by atoms with Gasteiger partial charge in [0.25, 0.3) is 0 Å². The summed E-state index contributed by atoms with van der Waals surface area (Å²) in [5.41, 5.74) is 1.47. The molecule has 3 rings (SSSR count). The molecule has 0 aliphatic rings. The third-order valence-electron chi connectivity index (χ3n) is 3.53. The fourth-order valence-electron chi connectivity index (χ4n) is 2.28. The highest BCUT2D eigenvalue weighted by atomic mass is 16.5. The van der Waals surface area contributed by atoms with E-state index in [0.29, 0.717) is 17.3 Å². The number of hydrogen-bond acceptors (Lipinski definition) is 6. The number of aromatic hydroxyl groups is 1. The molecule has 1 heterocycles. The van der Waals surface area contributed by atoms with Crippen molar-refractivity contribution >= 4 is 5.82 Å². The zero-order valence-corrected chi connectivity index (χ0v) is 13.5. The van der Waals surface area contributed by atoms with Gasteiger partial charge in [-0.3, -0.25) is 4.98 Å². The number of anilines is 1. The van der Waals surface area contributed by atoms with Crippen LogP contribution in [0.25, 0.3) is 11.3 Å². The largest absolute Gasteiger partial charge is 0.508 e. The Balaban J connectivity index is 1.60. The lowest BCUT2D eigenvalue weighted by Crippen LogP contribution is -2.26. The molecule has 0 spiro atoms. The Morgan fingerprint density at radius 1 is 0.960 bits per heavy atom. The van der Waals surface area contributed by atoms with Crippen LogP contribution < -0.4 is 10.1 Å². The van der Waals surface area contributed by atoms with Crippen molar-refractivity contribution in [3.05, 3.63) is 67.0 Å². The van der Waals surface area contributed by atoms with Crippen LogP contribution in [0.5, 0.6) is 11.5 Å². The molecule has 0 aliphatic carbocycles. The lowest BCUT2D eigenvalue weighted by Gasteiger charge is -2.15. The van der Waals surface area contributed by atoms with Crippen molar-refractivity contribution in [1.82, 2.24) is 9.97 Å². The molecule has 2 aromatic carbocycles. The second-order valence-electron chi connectivity index (χ2n) is 5.46. The first-order valence-electron chi connectivity index (χ1n) is 7.92. The molecule has 1 atom stereocenters. The number of nitrogens with one attached hydrogen (secondary N) is 1. The number of phenolic OH excluding ortho intramolecular Hbond substituents is 1. The van der Waals surface area contributed by atoms with Gasteiger partial charge in [-0.25, -0.2) is 4.98 Å². The van der Waals surface area contributed by atoms with Gasteiger partial charge >= 0.3 is 0 Å². The van der Waals surface area contributed by atoms with Crippen LogP contribution in [0.1, 0.15) is 0 Å². The standard InChI is InChI=1S/C19H19N3O3/c23-15-8-6-14(7-9-15)18-19(21-11-10-20-18)22-12-16(24)13-25-17-4-2-1-3-5-17/h1-11,16,23-24H,12-13H2,(H,21,22). The fourth-order valence-corrected chi connectivity index (χ4v) is 2.28. The number of rotatable bonds is 7. The first-order chi connectivity index (χ1) is 12.2. The zero-order chi connectivity index (χ0) is 17.5. The van der Waals surface area contributed by atoms with Crippen molar-refractivity contribution in [2.75, 3.05) is 18.5 Å². The third-order valence-corrected chi connectivity index (χ3v) is 3.53. The molecule has 3 N–H and O–H groups in total. The van der Waals surface area contributed by atoms with Crippen LogP contribution in [-0.4, -0.2) is 39.4 Å². The molecule has 1 unspecified atom stereocenters. The molecule has 0 amide bonds. The van der Waals surface area contributed by atoms with Crippen LogP contribution in [0, 0.1) is 0 Å². The highest BCUT2D eigenvalue weighted by molar-refractivity contribution is 5.71. The van der Waals surface area contributed by atoms with Gasteiger partial charge in [0.05, 0.1) is 0 Å². The van der Waals surface area contributed by atoms with Gasteiger partial charge in [-0.15, -0.1) is 0 Å². The summed E-state index contributed by atoms with van der Waals surface area (Å²) in [5.74, 6) is 1.47. The van der Waals surface area contributed by atoms with Gasteiger partial charge < -0.3 is 20.3 Å². The predicted octanol–water partition coefficient (Wildman–Crippen LogP) is 2.70. The minimum atomic E-state index is -0.699. The Labute approximate surface area is 145 Å². The topological polar surface area (TPSA) is 87.5 Å². The first-order valence-corrected chi connectivity index (χ1v) is 7.92. The molecular formula is C19H19N3O3. The van der Waals surface area contributed by atoms with Gasteiger partial charge in [-0.1, -0.05) is 18.2 Å². The van der Waals surface area contributed by atoms with E-state index in [0.717, 1.165) is 5.56 Å². The summed E-state index contributed by atoms with van der Waals surface area (Å²) in [6.07, 6.45) is 2.48. The van der Waals surface area contributed by atoms with E-state index in [2.05, 4.69) is 15.3 Å². The smallest absolute Gasteiger partial charge is 0.152 e. The van der Waals surface area contributed by atoms with E-state index in [4.69, 9.17) is 4.74 Å². The molecule has 0 bridgehead atoms. The number of nitrogens with zero attached hydrogens (tertiary/aromatic N) is 2. The molecule has 6 heteroatoms. The molecule has 0 saturated heterocycles. The Kier molecular flexibility index (Phi) is 5.43. The summed E-state index contributed by atoms with van der Waals surface area (Å²) in [6, 6.07) is 16.1. The van der Waals surface area contributed by atoms with E-state index in [1.807, 2.05) is 30.3 Å². The van der Waals surface area contributed by atoms with E-state index in [9.17, 15) is 10.2 Å². The number of aliphatic hydroxyl groups excluding tert-OH is 1. The molecule has 128 valence electrons. The summed E-state index contributed by atoms with van der Waals surface area (Å²) >= 11 is 0. The van der Waals surface area contributed by atoms with E-state index in [-0.39, 0.29) is 18.9 Å². The van der Waals surface area contributed by atoms with E-state index < -0.39 is 6.10 Å². The van der Waals surface area contributed by atoms with Crippen molar-refractivity contribution in [1.29, 1.82) is 0 Å². The average molecular weight is 337 g/mol. The molecule has 1 aromatic heterocycles. The van der Waals surface area contributed by atoms with Gasteiger partial charge in [0.1, 0.15) is 29.9 Å². The summed E-state index contributed by atoms with van der Waals surface area (Å²) < 4.78 is 5.53. The molecular weight excluding hydrogens is 318 g/mol. The Morgan fingerprint density at radius 3 is 2.44 bits per heavy atom. The Bertz CT molecular complexity index is 795. The SMILES string of the molecule is Oc1ccc(-c2nccnc2NCC(O)COc2ccccc2)cc1. The molecule has 3 aromatic rings. The summed E-state index contributed by atoms with van der Waals surface area (Å²) in [5, 5.41) is 22.6. The number of hydrogen-bond donors (Lipinski definition) is 3. The number of ether oxygens (including phenoxy) is 1. The van der Waals surface area contributed by atoms with E-state index in [1.54, 1.807) is 36.7 Å². The van der Waals surface area contributed by atoms with Gasteiger partial charge in [-0.2, -0.15) is 0 Å². The Hall–Kier alpha value is -3.12. The van der Waals surface area contributed by atoms with Crippen LogP contribution in [0.2, 0.25) is 0 Å². The second-order valence-corrected chi connectivity index (χ2v) is 5.46. The van der Waals surface area contributed by atoms with Gasteiger partial charge in [-0.05, 0) is 36.4 Å². The van der Waals surface area contributed by atoms with Crippen molar-refractivity contribution in [3.8, 4) is 22.8 Å². The van der Waals surface area contributed by atoms with Crippen LogP contribution in [-0.2, 0) is 0 Å². The molecule has 6 nitrogen and oxygen atoms in total. The number of phenols is 1. The molecule has 0 fully saturated rings. The fraction of sp³-hybridized carbons (Fsp3) is 0.158. The normalized spacial score (nSPS) is 11.7. The lowest BCUT2D eigenvalue weighted by molar-refractivity contribution is 0.117. The second kappa shape index (κ2) is 8.12. The average Bonchev–Trinajstić information content (AvgIpc) is 2.66. The maximum absolute atomic E-state index is 10.1. The molecule has 0 radical (unpaired) electrons. The van der Waals surface area contributed by atoms with Crippen LogP contribution in [0.4, 0.5) is 5.82 Å². The maximum Gasteiger partial charge on any atom is 0.152 e. The van der Waals surface area contributed by atoms with Crippen molar-refractivity contribution in [2.45, 2.75) is 6.10 Å². The highest BCUT2D eigenvalue weighted by Crippen LogP contribution is 2.25. The van der Waals surface area contributed by atoms with Gasteiger partial charge in [0, 0.05) is 24.5 Å². The number of aromatic nitrogens is 2. The van der Waals surface area contributed by atoms with Crippen molar-refractivity contribution < 1.29 is 14.9 Å². The summed E-state index contributed by atoms with van der Waals surface area (Å²) in [7, 11) is 0. The van der Waals surface area contributed by atoms with E-state index in [1.165, 1.54) is 0 Å². The predicted molar refractivity (Wildman–Crippen MR) is 95.6 cm³/mol. The highest BCUT2D eigenvalue weighted by Gasteiger charge is 2.11. The summed E-state index contributed by atoms with van der Waals surface area (Å²) in [4.78, 5) is 8.61. The van der Waals surface area contributed by atoms with Crippen LogP contribution >= 0.6 is 0 Å². The monoisotopic (exact) mass is 337 g/mol. The third kappa shape index (κ3) is 4.68. The lowest BCUT2D eigenvalue weighted by atomic mass is 10.1. The molecule has 0 aliphatic heterocycles. The molecule has 0 saturated carbocycles. The maximum atomic E-state index is 10.1. The minimum Gasteiger partial charge on any atom is -0.508 e. The minimum absolute atomic E-state index is 0.172. The first kappa shape index (κ1) is 16.7. The van der Waals surface area contributed by atoms with Gasteiger partial charge in [0.2, 0.25) is 0 Å². The molecule has 25 heavy (non-hydrogen) atoms. The van der Waals surface area contributed by atoms with Gasteiger partial charge in [0.15, 0.2) is 5.82 Å². The number of aliphatic hydroxyl groups is 1. The number of benzene rings is 2. The number of para-hydroxylation sites is 1. The van der Waals surface area contributed by atoms with E-state index >= 15 is 0 Å².